The van der Waals surface area contributed by atoms with Crippen LogP contribution in [0.3, 0.4) is 0 Å². The summed E-state index contributed by atoms with van der Waals surface area (Å²) >= 11 is 0. The van der Waals surface area contributed by atoms with Gasteiger partial charge in [0.2, 0.25) is 0 Å². The maximum atomic E-state index is 13.6. The first-order chi connectivity index (χ1) is 17.7. The third kappa shape index (κ3) is 6.57. The highest BCUT2D eigenvalue weighted by molar-refractivity contribution is 6.04. The lowest BCUT2D eigenvalue weighted by molar-refractivity contribution is -0.0274. The number of aliphatic hydroxyl groups is 1. The lowest BCUT2D eigenvalue weighted by Crippen LogP contribution is -2.48. The number of carbonyl (C=O) groups is 1. The monoisotopic (exact) mass is 509 g/mol. The van der Waals surface area contributed by atoms with Crippen molar-refractivity contribution < 1.29 is 23.4 Å². The van der Waals surface area contributed by atoms with Crippen LogP contribution in [-0.2, 0) is 17.1 Å². The molecule has 2 aromatic carbocycles. The third-order valence-electron chi connectivity index (χ3n) is 6.95. The molecule has 0 aliphatic carbocycles. The first kappa shape index (κ1) is 26.9. The number of anilines is 1. The summed E-state index contributed by atoms with van der Waals surface area (Å²) in [6.45, 7) is 5.04. The zero-order valence-electron chi connectivity index (χ0n) is 21.4. The predicted molar refractivity (Wildman–Crippen MR) is 140 cm³/mol. The fourth-order valence-electron chi connectivity index (χ4n) is 4.67. The smallest absolute Gasteiger partial charge is 0.286 e. The number of amides is 1. The lowest BCUT2D eigenvalue weighted by Gasteiger charge is -2.37. The standard InChI is InChI=1S/C29H33F2N3O3/c1-19-4-9-24(33-28(36)22-10-11-32-27(15-22)29(2,30)31)16-25(19)21-7-5-20(6-8-21)14-23(17-35)26-18-37-13-12-34(26)3/h4-11,15-16,23,26,35H,12-14,17-18H2,1-3H3,(H,33,36). The number of carbonyl (C=O) groups excluding carboxylic acids is 1. The number of ether oxygens (including phenoxy) is 1. The second-order valence-electron chi connectivity index (χ2n) is 9.77. The molecule has 1 aliphatic rings. The Kier molecular flexibility index (Phi) is 8.32. The molecule has 1 amide bonds. The van der Waals surface area contributed by atoms with Gasteiger partial charge in [-0.05, 0) is 66.9 Å². The van der Waals surface area contributed by atoms with E-state index in [1.54, 1.807) is 6.07 Å². The summed E-state index contributed by atoms with van der Waals surface area (Å²) in [6, 6.07) is 16.5. The fourth-order valence-corrected chi connectivity index (χ4v) is 4.67. The molecule has 3 aromatic rings. The number of aliphatic hydroxyl groups excluding tert-OH is 1. The molecule has 37 heavy (non-hydrogen) atoms. The van der Waals surface area contributed by atoms with E-state index in [0.717, 1.165) is 54.8 Å². The van der Waals surface area contributed by atoms with Crippen LogP contribution in [-0.4, -0.2) is 60.4 Å². The van der Waals surface area contributed by atoms with Crippen molar-refractivity contribution in [3.8, 4) is 11.1 Å². The van der Waals surface area contributed by atoms with Crippen LogP contribution in [0.1, 0.15) is 34.1 Å². The Bertz CT molecular complexity index is 1230. The van der Waals surface area contributed by atoms with E-state index in [4.69, 9.17) is 4.74 Å². The largest absolute Gasteiger partial charge is 0.396 e. The number of hydrogen-bond donors (Lipinski definition) is 2. The number of morpholine rings is 1. The van der Waals surface area contributed by atoms with E-state index in [0.29, 0.717) is 12.3 Å². The number of benzene rings is 2. The maximum Gasteiger partial charge on any atom is 0.286 e. The van der Waals surface area contributed by atoms with Crippen molar-refractivity contribution in [2.24, 2.45) is 5.92 Å². The number of nitrogens with one attached hydrogen (secondary N) is 1. The van der Waals surface area contributed by atoms with Crippen LogP contribution in [0.4, 0.5) is 14.5 Å². The second-order valence-corrected chi connectivity index (χ2v) is 9.77. The van der Waals surface area contributed by atoms with E-state index in [9.17, 15) is 18.7 Å². The van der Waals surface area contributed by atoms with Crippen LogP contribution >= 0.6 is 0 Å². The molecule has 0 radical (unpaired) electrons. The molecule has 0 saturated carbocycles. The zero-order chi connectivity index (χ0) is 26.6. The van der Waals surface area contributed by atoms with Crippen molar-refractivity contribution in [2.75, 3.05) is 38.7 Å². The van der Waals surface area contributed by atoms with Gasteiger partial charge in [-0.2, -0.15) is 8.78 Å². The van der Waals surface area contributed by atoms with Gasteiger partial charge in [-0.15, -0.1) is 0 Å². The summed E-state index contributed by atoms with van der Waals surface area (Å²) in [5.41, 5.74) is 4.35. The summed E-state index contributed by atoms with van der Waals surface area (Å²) in [7, 11) is 2.07. The molecule has 2 unspecified atom stereocenters. The highest BCUT2D eigenvalue weighted by Crippen LogP contribution is 2.29. The molecule has 2 heterocycles. The summed E-state index contributed by atoms with van der Waals surface area (Å²) in [4.78, 5) is 18.7. The van der Waals surface area contributed by atoms with Crippen molar-refractivity contribution in [2.45, 2.75) is 32.2 Å². The quantitative estimate of drug-likeness (QED) is 0.452. The van der Waals surface area contributed by atoms with E-state index in [2.05, 4.69) is 34.4 Å². The van der Waals surface area contributed by atoms with Gasteiger partial charge >= 0.3 is 0 Å². The van der Waals surface area contributed by atoms with Crippen LogP contribution in [0.2, 0.25) is 0 Å². The first-order valence-corrected chi connectivity index (χ1v) is 12.4. The number of pyridine rings is 1. The van der Waals surface area contributed by atoms with Crippen LogP contribution < -0.4 is 5.32 Å². The number of hydrogen-bond acceptors (Lipinski definition) is 5. The van der Waals surface area contributed by atoms with Gasteiger partial charge in [0.05, 0.1) is 13.2 Å². The Hall–Kier alpha value is -3.20. The minimum atomic E-state index is -3.13. The minimum absolute atomic E-state index is 0.0813. The second kappa shape index (κ2) is 11.5. The Balaban J connectivity index is 1.48. The van der Waals surface area contributed by atoms with Crippen molar-refractivity contribution in [1.82, 2.24) is 9.88 Å². The summed E-state index contributed by atoms with van der Waals surface area (Å²) in [5.74, 6) is -3.53. The van der Waals surface area contributed by atoms with Crippen LogP contribution in [0, 0.1) is 12.8 Å². The van der Waals surface area contributed by atoms with Crippen molar-refractivity contribution >= 4 is 11.6 Å². The van der Waals surface area contributed by atoms with Crippen molar-refractivity contribution in [3.05, 3.63) is 83.2 Å². The Labute approximate surface area is 216 Å². The number of aromatic nitrogens is 1. The predicted octanol–water partition coefficient (Wildman–Crippen LogP) is 4.90. The Morgan fingerprint density at radius 2 is 1.97 bits per heavy atom. The molecule has 4 rings (SSSR count). The molecule has 1 aromatic heterocycles. The molecular weight excluding hydrogens is 476 g/mol. The molecule has 2 N–H and O–H groups in total. The van der Waals surface area contributed by atoms with E-state index in [1.807, 2.05) is 31.2 Å². The third-order valence-corrected chi connectivity index (χ3v) is 6.95. The maximum absolute atomic E-state index is 13.6. The van der Waals surface area contributed by atoms with Gasteiger partial charge < -0.3 is 15.2 Å². The number of rotatable bonds is 8. The van der Waals surface area contributed by atoms with Crippen molar-refractivity contribution in [3.63, 3.8) is 0 Å². The molecule has 8 heteroatoms. The average molecular weight is 510 g/mol. The molecule has 6 nitrogen and oxygen atoms in total. The summed E-state index contributed by atoms with van der Waals surface area (Å²) in [5, 5.41) is 12.8. The fraction of sp³-hybridized carbons (Fsp3) is 0.379. The van der Waals surface area contributed by atoms with Gasteiger partial charge in [-0.3, -0.25) is 14.7 Å². The molecule has 196 valence electrons. The number of nitrogens with zero attached hydrogens (tertiary/aromatic N) is 2. The molecule has 1 aliphatic heterocycles. The zero-order valence-corrected chi connectivity index (χ0v) is 21.4. The van der Waals surface area contributed by atoms with Gasteiger partial charge in [0.15, 0.2) is 0 Å². The van der Waals surface area contributed by atoms with Crippen LogP contribution in [0.25, 0.3) is 11.1 Å². The summed E-state index contributed by atoms with van der Waals surface area (Å²) in [6.07, 6.45) is 1.96. The van der Waals surface area contributed by atoms with Gasteiger partial charge in [0.1, 0.15) is 5.69 Å². The Morgan fingerprint density at radius 1 is 1.22 bits per heavy atom. The average Bonchev–Trinajstić information content (AvgIpc) is 2.89. The number of alkyl halides is 2. The number of halogens is 2. The molecule has 1 saturated heterocycles. The molecule has 2 atom stereocenters. The molecule has 1 fully saturated rings. The number of likely N-dealkylation sites (N-methyl/N-ethyl adjacent to an activating group) is 1. The summed E-state index contributed by atoms with van der Waals surface area (Å²) < 4.78 is 32.9. The minimum Gasteiger partial charge on any atom is -0.396 e. The van der Waals surface area contributed by atoms with E-state index < -0.39 is 17.5 Å². The normalized spacial score (nSPS) is 17.4. The topological polar surface area (TPSA) is 74.7 Å². The molecule has 0 bridgehead atoms. The number of aryl methyl sites for hydroxylation is 1. The Morgan fingerprint density at radius 3 is 2.65 bits per heavy atom. The van der Waals surface area contributed by atoms with Crippen LogP contribution in [0.5, 0.6) is 0 Å². The van der Waals surface area contributed by atoms with Gasteiger partial charge in [-0.25, -0.2) is 0 Å². The highest BCUT2D eigenvalue weighted by Gasteiger charge is 2.28. The molecule has 0 spiro atoms. The first-order valence-electron chi connectivity index (χ1n) is 12.4. The van der Waals surface area contributed by atoms with Gasteiger partial charge in [-0.1, -0.05) is 30.3 Å². The van der Waals surface area contributed by atoms with E-state index in [-0.39, 0.29) is 24.1 Å². The van der Waals surface area contributed by atoms with Gasteiger partial charge in [0, 0.05) is 49.5 Å². The van der Waals surface area contributed by atoms with E-state index in [1.165, 1.54) is 12.3 Å². The van der Waals surface area contributed by atoms with Crippen molar-refractivity contribution in [1.29, 1.82) is 0 Å². The lowest BCUT2D eigenvalue weighted by atomic mass is 9.90. The van der Waals surface area contributed by atoms with Gasteiger partial charge in [0.25, 0.3) is 11.8 Å². The molecular formula is C29H33F2N3O3. The highest BCUT2D eigenvalue weighted by atomic mass is 19.3. The SMILES string of the molecule is Cc1ccc(NC(=O)c2ccnc(C(C)(F)F)c2)cc1-c1ccc(CC(CO)C2COCCN2C)cc1. The van der Waals surface area contributed by atoms with E-state index >= 15 is 0 Å². The van der Waals surface area contributed by atoms with Crippen LogP contribution in [0.15, 0.2) is 60.8 Å².